The molecule has 0 aromatic heterocycles. The third kappa shape index (κ3) is 3.78. The fraction of sp³-hybridized carbons (Fsp3) is 0.538. The molecule has 2 unspecified atom stereocenters. The van der Waals surface area contributed by atoms with Crippen molar-refractivity contribution in [3.63, 3.8) is 0 Å². The van der Waals surface area contributed by atoms with Crippen LogP contribution < -0.4 is 5.32 Å². The van der Waals surface area contributed by atoms with Gasteiger partial charge in [0, 0.05) is 23.7 Å². The molecule has 16 heavy (non-hydrogen) atoms. The summed E-state index contributed by atoms with van der Waals surface area (Å²) in [6.07, 6.45) is 0. The van der Waals surface area contributed by atoms with Crippen LogP contribution in [0.3, 0.4) is 0 Å². The molecule has 0 fully saturated rings. The predicted octanol–water partition coefficient (Wildman–Crippen LogP) is 2.94. The van der Waals surface area contributed by atoms with E-state index in [4.69, 9.17) is 11.6 Å². The average Bonchev–Trinajstić information content (AvgIpc) is 2.27. The van der Waals surface area contributed by atoms with E-state index in [9.17, 15) is 0 Å². The van der Waals surface area contributed by atoms with E-state index in [0.29, 0.717) is 12.1 Å². The van der Waals surface area contributed by atoms with Crippen LogP contribution in [0.25, 0.3) is 0 Å². The van der Waals surface area contributed by atoms with Crippen LogP contribution in [0.15, 0.2) is 24.3 Å². The van der Waals surface area contributed by atoms with Crippen LogP contribution in [0.4, 0.5) is 0 Å². The lowest BCUT2D eigenvalue weighted by Crippen LogP contribution is -2.36. The van der Waals surface area contributed by atoms with Crippen LogP contribution >= 0.6 is 11.6 Å². The second-order valence-electron chi connectivity index (χ2n) is 4.36. The quantitative estimate of drug-likeness (QED) is 0.852. The highest BCUT2D eigenvalue weighted by Crippen LogP contribution is 2.21. The van der Waals surface area contributed by atoms with Gasteiger partial charge in [0.25, 0.3) is 0 Å². The van der Waals surface area contributed by atoms with Gasteiger partial charge in [0.1, 0.15) is 0 Å². The number of halogens is 1. The Kier molecular flexibility index (Phi) is 5.26. The van der Waals surface area contributed by atoms with Crippen molar-refractivity contribution in [3.8, 4) is 0 Å². The number of likely N-dealkylation sites (N-methyl/N-ethyl adjacent to an activating group) is 2. The second-order valence-corrected chi connectivity index (χ2v) is 4.80. The van der Waals surface area contributed by atoms with Gasteiger partial charge in [-0.2, -0.15) is 0 Å². The molecular weight excluding hydrogens is 220 g/mol. The molecule has 0 heterocycles. The maximum Gasteiger partial charge on any atom is 0.0409 e. The van der Waals surface area contributed by atoms with Gasteiger partial charge in [0.05, 0.1) is 0 Å². The second kappa shape index (κ2) is 6.24. The largest absolute Gasteiger partial charge is 0.316 e. The van der Waals surface area contributed by atoms with Crippen molar-refractivity contribution in [2.24, 2.45) is 0 Å². The van der Waals surface area contributed by atoms with Crippen molar-refractivity contribution >= 4 is 11.6 Å². The fourth-order valence-electron chi connectivity index (χ4n) is 1.70. The van der Waals surface area contributed by atoms with Gasteiger partial charge >= 0.3 is 0 Å². The van der Waals surface area contributed by atoms with Crippen LogP contribution in [0.1, 0.15) is 25.5 Å². The molecule has 0 saturated carbocycles. The standard InChI is InChI=1S/C13H21ClN2/c1-10(15-3)9-16(4)11(2)12-6-5-7-13(14)8-12/h5-8,10-11,15H,9H2,1-4H3. The van der Waals surface area contributed by atoms with Crippen LogP contribution in [-0.4, -0.2) is 31.6 Å². The highest BCUT2D eigenvalue weighted by atomic mass is 35.5. The fourth-order valence-corrected chi connectivity index (χ4v) is 1.90. The number of rotatable bonds is 5. The van der Waals surface area contributed by atoms with Crippen LogP contribution in [0.5, 0.6) is 0 Å². The van der Waals surface area contributed by atoms with E-state index in [1.54, 1.807) is 0 Å². The molecule has 0 aliphatic heterocycles. The number of benzene rings is 1. The third-order valence-corrected chi connectivity index (χ3v) is 3.28. The Morgan fingerprint density at radius 2 is 2.06 bits per heavy atom. The van der Waals surface area contributed by atoms with Crippen molar-refractivity contribution in [2.75, 3.05) is 20.6 Å². The summed E-state index contributed by atoms with van der Waals surface area (Å²) in [7, 11) is 4.13. The lowest BCUT2D eigenvalue weighted by molar-refractivity contribution is 0.240. The first kappa shape index (κ1) is 13.5. The summed E-state index contributed by atoms with van der Waals surface area (Å²) in [5, 5.41) is 4.05. The van der Waals surface area contributed by atoms with Gasteiger partial charge in [-0.3, -0.25) is 4.90 Å². The van der Waals surface area contributed by atoms with Crippen molar-refractivity contribution in [1.29, 1.82) is 0 Å². The zero-order valence-electron chi connectivity index (χ0n) is 10.5. The normalized spacial score (nSPS) is 15.1. The van der Waals surface area contributed by atoms with E-state index in [1.807, 2.05) is 25.2 Å². The lowest BCUT2D eigenvalue weighted by atomic mass is 10.1. The first-order valence-electron chi connectivity index (χ1n) is 5.67. The van der Waals surface area contributed by atoms with Gasteiger partial charge < -0.3 is 5.32 Å². The van der Waals surface area contributed by atoms with E-state index in [2.05, 4.69) is 37.2 Å². The molecule has 0 aliphatic carbocycles. The van der Waals surface area contributed by atoms with Crippen LogP contribution in [0, 0.1) is 0 Å². The van der Waals surface area contributed by atoms with Gasteiger partial charge in [-0.05, 0) is 45.6 Å². The topological polar surface area (TPSA) is 15.3 Å². The molecule has 2 nitrogen and oxygen atoms in total. The minimum absolute atomic E-state index is 0.384. The Morgan fingerprint density at radius 3 is 2.62 bits per heavy atom. The van der Waals surface area contributed by atoms with E-state index in [0.717, 1.165) is 11.6 Å². The number of hydrogen-bond donors (Lipinski definition) is 1. The average molecular weight is 241 g/mol. The highest BCUT2D eigenvalue weighted by molar-refractivity contribution is 6.30. The number of hydrogen-bond acceptors (Lipinski definition) is 2. The molecule has 0 spiro atoms. The Labute approximate surface area is 104 Å². The van der Waals surface area contributed by atoms with Crippen LogP contribution in [-0.2, 0) is 0 Å². The molecular formula is C13H21ClN2. The summed E-state index contributed by atoms with van der Waals surface area (Å²) in [5.41, 5.74) is 1.26. The first-order chi connectivity index (χ1) is 7.54. The highest BCUT2D eigenvalue weighted by Gasteiger charge is 2.13. The summed E-state index contributed by atoms with van der Waals surface area (Å²) < 4.78 is 0. The summed E-state index contributed by atoms with van der Waals surface area (Å²) in [5.74, 6) is 0. The first-order valence-corrected chi connectivity index (χ1v) is 6.05. The van der Waals surface area contributed by atoms with Crippen molar-refractivity contribution < 1.29 is 0 Å². The van der Waals surface area contributed by atoms with E-state index >= 15 is 0 Å². The zero-order valence-corrected chi connectivity index (χ0v) is 11.3. The number of nitrogens with one attached hydrogen (secondary N) is 1. The van der Waals surface area contributed by atoms with Gasteiger partial charge in [0.15, 0.2) is 0 Å². The monoisotopic (exact) mass is 240 g/mol. The summed E-state index contributed by atoms with van der Waals surface area (Å²) in [6, 6.07) is 8.95. The molecule has 2 atom stereocenters. The van der Waals surface area contributed by atoms with Crippen molar-refractivity contribution in [3.05, 3.63) is 34.9 Å². The van der Waals surface area contributed by atoms with Crippen LogP contribution in [0.2, 0.25) is 5.02 Å². The molecule has 0 radical (unpaired) electrons. The van der Waals surface area contributed by atoms with E-state index in [-0.39, 0.29) is 0 Å². The lowest BCUT2D eigenvalue weighted by Gasteiger charge is -2.27. The number of nitrogens with zero attached hydrogens (tertiary/aromatic N) is 1. The Morgan fingerprint density at radius 1 is 1.38 bits per heavy atom. The third-order valence-electron chi connectivity index (χ3n) is 3.05. The molecule has 0 bridgehead atoms. The van der Waals surface area contributed by atoms with E-state index in [1.165, 1.54) is 5.56 Å². The molecule has 1 N–H and O–H groups in total. The predicted molar refractivity (Wildman–Crippen MR) is 71.0 cm³/mol. The molecule has 1 aromatic carbocycles. The Balaban J connectivity index is 2.66. The minimum Gasteiger partial charge on any atom is -0.316 e. The molecule has 0 saturated heterocycles. The molecule has 3 heteroatoms. The van der Waals surface area contributed by atoms with E-state index < -0.39 is 0 Å². The molecule has 1 aromatic rings. The van der Waals surface area contributed by atoms with Gasteiger partial charge in [-0.1, -0.05) is 23.7 Å². The molecule has 0 aliphatic rings. The summed E-state index contributed by atoms with van der Waals surface area (Å²) in [6.45, 7) is 5.40. The van der Waals surface area contributed by atoms with Gasteiger partial charge in [-0.15, -0.1) is 0 Å². The van der Waals surface area contributed by atoms with Gasteiger partial charge in [0.2, 0.25) is 0 Å². The Hall–Kier alpha value is -0.570. The smallest absolute Gasteiger partial charge is 0.0409 e. The molecule has 90 valence electrons. The minimum atomic E-state index is 0.384. The maximum absolute atomic E-state index is 6.00. The van der Waals surface area contributed by atoms with Gasteiger partial charge in [-0.25, -0.2) is 0 Å². The molecule has 0 amide bonds. The summed E-state index contributed by atoms with van der Waals surface area (Å²) in [4.78, 5) is 2.33. The molecule has 1 rings (SSSR count). The maximum atomic E-state index is 6.00. The van der Waals surface area contributed by atoms with Crippen molar-refractivity contribution in [2.45, 2.75) is 25.9 Å². The zero-order chi connectivity index (χ0) is 12.1. The summed E-state index contributed by atoms with van der Waals surface area (Å²) >= 11 is 6.00. The van der Waals surface area contributed by atoms with Crippen molar-refractivity contribution in [1.82, 2.24) is 10.2 Å². The Bertz CT molecular complexity index is 327. The SMILES string of the molecule is CNC(C)CN(C)C(C)c1cccc(Cl)c1.